The summed E-state index contributed by atoms with van der Waals surface area (Å²) in [5, 5.41) is 15.5. The minimum Gasteiger partial charge on any atom is -0.354 e. The summed E-state index contributed by atoms with van der Waals surface area (Å²) in [4.78, 5) is 0. The Bertz CT molecular complexity index is 3300. The van der Waals surface area contributed by atoms with E-state index in [4.69, 9.17) is 0 Å². The van der Waals surface area contributed by atoms with Gasteiger partial charge in [-0.1, -0.05) is 140 Å². The van der Waals surface area contributed by atoms with E-state index in [1.807, 2.05) is 54.6 Å². The van der Waals surface area contributed by atoms with Crippen LogP contribution in [0.3, 0.4) is 0 Å². The molecular formula is C60H49N5P2. The molecule has 10 aromatic carbocycles. The molecule has 67 heavy (non-hydrogen) atoms. The van der Waals surface area contributed by atoms with Gasteiger partial charge in [-0.2, -0.15) is 0 Å². The van der Waals surface area contributed by atoms with Crippen LogP contribution >= 0.6 is 18.0 Å². The van der Waals surface area contributed by atoms with Gasteiger partial charge in [0.25, 0.3) is 0 Å². The second kappa shape index (κ2) is 20.5. The summed E-state index contributed by atoms with van der Waals surface area (Å²) >= 11 is 0. The van der Waals surface area contributed by atoms with E-state index in [2.05, 4.69) is 241 Å². The number of hydrogen-bond acceptors (Lipinski definition) is 4. The normalized spacial score (nSPS) is 11.0. The smallest absolute Gasteiger partial charge is 0.0684 e. The molecule has 0 aliphatic rings. The number of benzene rings is 10. The van der Waals surface area contributed by atoms with Crippen molar-refractivity contribution in [3.8, 4) is 16.8 Å². The predicted molar refractivity (Wildman–Crippen MR) is 294 cm³/mol. The van der Waals surface area contributed by atoms with Gasteiger partial charge in [-0.05, 0) is 143 Å². The maximum atomic E-state index is 3.66. The topological polar surface area (TPSA) is 44.3 Å². The van der Waals surface area contributed by atoms with Gasteiger partial charge in [0.2, 0.25) is 0 Å². The molecule has 5 nitrogen and oxygen atoms in total. The summed E-state index contributed by atoms with van der Waals surface area (Å²) in [7, 11) is 3.31. The van der Waals surface area contributed by atoms with Gasteiger partial charge < -0.3 is 25.2 Å². The van der Waals surface area contributed by atoms with Gasteiger partial charge in [0.1, 0.15) is 0 Å². The van der Waals surface area contributed by atoms with Crippen molar-refractivity contribution in [2.45, 2.75) is 0 Å². The number of rotatable bonds is 12. The second-order valence-corrected chi connectivity index (χ2v) is 18.0. The summed E-state index contributed by atoms with van der Waals surface area (Å²) < 4.78 is 4.79. The van der Waals surface area contributed by atoms with Crippen molar-refractivity contribution in [1.82, 2.24) is 4.57 Å². The summed E-state index contributed by atoms with van der Waals surface area (Å²) in [6.45, 7) is 0. The molecule has 1 aromatic heterocycles. The average Bonchev–Trinajstić information content (AvgIpc) is 3.72. The highest BCUT2D eigenvalue weighted by Crippen LogP contribution is 2.42. The molecule has 2 atom stereocenters. The maximum absolute atomic E-state index is 3.66. The van der Waals surface area contributed by atoms with Crippen molar-refractivity contribution >= 4 is 95.9 Å². The third kappa shape index (κ3) is 10.2. The Morgan fingerprint density at radius 3 is 1.46 bits per heavy atom. The number of para-hydroxylation sites is 10. The monoisotopic (exact) mass is 901 g/mol. The van der Waals surface area contributed by atoms with Crippen molar-refractivity contribution in [3.05, 3.63) is 261 Å². The molecule has 324 valence electrons. The molecule has 0 aliphatic carbocycles. The third-order valence-corrected chi connectivity index (χ3v) is 13.1. The maximum Gasteiger partial charge on any atom is 0.0684 e. The Labute approximate surface area is 396 Å². The number of nitrogens with zero attached hydrogens (tertiary/aromatic N) is 2. The zero-order valence-electron chi connectivity index (χ0n) is 36.8. The van der Waals surface area contributed by atoms with E-state index in [9.17, 15) is 0 Å². The largest absolute Gasteiger partial charge is 0.354 e. The first-order valence-electron chi connectivity index (χ1n) is 22.4. The van der Waals surface area contributed by atoms with Crippen LogP contribution < -0.4 is 31.2 Å². The number of hydrogen-bond donors (Lipinski definition) is 3. The molecule has 11 aromatic rings. The highest BCUT2D eigenvalue weighted by molar-refractivity contribution is 7.49. The Hall–Kier alpha value is -7.94. The lowest BCUT2D eigenvalue weighted by molar-refractivity contribution is 1.18. The number of nitrogens with one attached hydrogen (secondary N) is 3. The summed E-state index contributed by atoms with van der Waals surface area (Å²) in [5.41, 5.74) is 14.7. The number of anilines is 8. The summed E-state index contributed by atoms with van der Waals surface area (Å²) in [5.74, 6) is 0. The Kier molecular flexibility index (Phi) is 13.1. The van der Waals surface area contributed by atoms with Gasteiger partial charge in [0.15, 0.2) is 0 Å². The van der Waals surface area contributed by atoms with Crippen LogP contribution in [0.15, 0.2) is 261 Å². The van der Waals surface area contributed by atoms with Gasteiger partial charge in [0, 0.05) is 47.9 Å². The first kappa shape index (κ1) is 43.0. The molecule has 0 spiro atoms. The minimum absolute atomic E-state index is 0.372. The second-order valence-electron chi connectivity index (χ2n) is 16.1. The van der Waals surface area contributed by atoms with E-state index in [-0.39, 0.29) is 0 Å². The Morgan fingerprint density at radius 1 is 0.373 bits per heavy atom. The first-order valence-corrected chi connectivity index (χ1v) is 23.9. The Morgan fingerprint density at radius 2 is 0.851 bits per heavy atom. The van der Waals surface area contributed by atoms with Crippen LogP contribution in [0.1, 0.15) is 0 Å². The van der Waals surface area contributed by atoms with Crippen molar-refractivity contribution in [2.75, 3.05) is 20.6 Å². The van der Waals surface area contributed by atoms with Crippen molar-refractivity contribution in [3.63, 3.8) is 0 Å². The summed E-state index contributed by atoms with van der Waals surface area (Å²) in [6, 6.07) is 91.3. The van der Waals surface area contributed by atoms with Crippen molar-refractivity contribution < 1.29 is 0 Å². The molecule has 0 aliphatic heterocycles. The summed E-state index contributed by atoms with van der Waals surface area (Å²) in [6.07, 6.45) is 0. The van der Waals surface area contributed by atoms with Crippen molar-refractivity contribution in [2.24, 2.45) is 0 Å². The number of fused-ring (bicyclic) bond motifs is 3. The van der Waals surface area contributed by atoms with Crippen molar-refractivity contribution in [1.29, 1.82) is 0 Å². The van der Waals surface area contributed by atoms with E-state index in [0.29, 0.717) is 8.73 Å². The van der Waals surface area contributed by atoms with Gasteiger partial charge in [0.05, 0.1) is 33.8 Å². The lowest BCUT2D eigenvalue weighted by Crippen LogP contribution is -2.14. The molecule has 11 rings (SSSR count). The van der Waals surface area contributed by atoms with Gasteiger partial charge in [-0.25, -0.2) is 0 Å². The Balaban J connectivity index is 0.000000219. The molecule has 0 amide bonds. The van der Waals surface area contributed by atoms with Crippen LogP contribution in [0, 0.1) is 0 Å². The lowest BCUT2D eigenvalue weighted by Gasteiger charge is -2.28. The SMILES string of the molecule is Pc1cc(PN(c2ccccc2)c2ccccc2Nc2ccccc2)cc(-c2ccc3c(c2)c2ccccc2n3-c2ccccc2)c1.c1ccc(Nc2ccccc2Nc2ccccc2)cc1. The predicted octanol–water partition coefficient (Wildman–Crippen LogP) is 15.9. The molecule has 2 unspecified atom stereocenters. The quantitative estimate of drug-likeness (QED) is 0.107. The van der Waals surface area contributed by atoms with Crippen LogP contribution in [-0.4, -0.2) is 4.57 Å². The molecule has 1 heterocycles. The molecular weight excluding hydrogens is 853 g/mol. The molecule has 7 heteroatoms. The van der Waals surface area contributed by atoms with Gasteiger partial charge >= 0.3 is 0 Å². The van der Waals surface area contributed by atoms with Gasteiger partial charge in [-0.3, -0.25) is 0 Å². The van der Waals surface area contributed by atoms with Crippen LogP contribution in [0.5, 0.6) is 0 Å². The fourth-order valence-corrected chi connectivity index (χ4v) is 10.2. The molecule has 0 saturated carbocycles. The van der Waals surface area contributed by atoms with Crippen LogP contribution in [0.4, 0.5) is 45.5 Å². The molecule has 0 fully saturated rings. The van der Waals surface area contributed by atoms with E-state index in [1.165, 1.54) is 49.2 Å². The average molecular weight is 902 g/mol. The third-order valence-electron chi connectivity index (χ3n) is 11.5. The van der Waals surface area contributed by atoms with Crippen LogP contribution in [0.2, 0.25) is 0 Å². The molecule has 3 N–H and O–H groups in total. The fraction of sp³-hybridized carbons (Fsp3) is 0. The van der Waals surface area contributed by atoms with E-state index in [1.54, 1.807) is 0 Å². The highest BCUT2D eigenvalue weighted by Gasteiger charge is 2.17. The molecule has 0 bridgehead atoms. The van der Waals surface area contributed by atoms with E-state index < -0.39 is 0 Å². The van der Waals surface area contributed by atoms with E-state index in [0.717, 1.165) is 45.5 Å². The van der Waals surface area contributed by atoms with Gasteiger partial charge in [-0.15, -0.1) is 9.24 Å². The zero-order chi connectivity index (χ0) is 45.2. The fourth-order valence-electron chi connectivity index (χ4n) is 8.37. The highest BCUT2D eigenvalue weighted by atomic mass is 31.1. The standard InChI is InChI=1S/C42H33N3P2.C18H16N2/c46-35-26-31(30-24-25-41-38(28-30)37-20-10-12-22-40(37)44(41)33-16-6-2-7-17-33)27-36(29-35)47-45(34-18-8-3-9-19-34)42-23-13-11-21-39(42)43-32-14-4-1-5-15-32;1-3-9-15(10-4-1)19-17-13-7-8-14-18(17)20-16-11-5-2-6-12-16/h1-29,43,47H,46H2;1-14,19-20H. The van der Waals surface area contributed by atoms with Crippen LogP contribution in [-0.2, 0) is 0 Å². The minimum atomic E-state index is 0.372. The zero-order valence-corrected chi connectivity index (χ0v) is 39.0. The molecule has 0 radical (unpaired) electrons. The lowest BCUT2D eigenvalue weighted by atomic mass is 10.0. The van der Waals surface area contributed by atoms with Crippen LogP contribution in [0.25, 0.3) is 38.6 Å². The van der Waals surface area contributed by atoms with E-state index >= 15 is 0 Å². The first-order chi connectivity index (χ1) is 33.1. The molecule has 0 saturated heterocycles. The number of aromatic nitrogens is 1.